The second kappa shape index (κ2) is 7.75. The molecular weight excluding hydrogens is 358 g/mol. The molecule has 4 nitrogen and oxygen atoms in total. The van der Waals surface area contributed by atoms with Gasteiger partial charge in [0.15, 0.2) is 0 Å². The van der Waals surface area contributed by atoms with Gasteiger partial charge in [-0.2, -0.15) is 0 Å². The Kier molecular flexibility index (Phi) is 5.19. The molecular formula is C22H24ClN3O. The summed E-state index contributed by atoms with van der Waals surface area (Å²) in [5.74, 6) is 0.111. The quantitative estimate of drug-likeness (QED) is 0.574. The maximum Gasteiger partial charge on any atom is 0.237 e. The molecule has 4 rings (SSSR count). The zero-order valence-corrected chi connectivity index (χ0v) is 16.1. The second-order valence-corrected chi connectivity index (χ2v) is 7.68. The summed E-state index contributed by atoms with van der Waals surface area (Å²) in [5, 5.41) is 8.39. The first-order valence-corrected chi connectivity index (χ1v) is 9.85. The van der Waals surface area contributed by atoms with E-state index < -0.39 is 0 Å². The molecule has 5 heteroatoms. The van der Waals surface area contributed by atoms with Gasteiger partial charge in [-0.25, -0.2) is 0 Å². The van der Waals surface area contributed by atoms with Crippen LogP contribution in [0.3, 0.4) is 0 Å². The number of aromatic amines is 1. The third-order valence-corrected chi connectivity index (χ3v) is 5.57. The second-order valence-electron chi connectivity index (χ2n) is 7.28. The van der Waals surface area contributed by atoms with Crippen LogP contribution in [0.4, 0.5) is 0 Å². The Balaban J connectivity index is 1.60. The van der Waals surface area contributed by atoms with Gasteiger partial charge in [0, 0.05) is 40.6 Å². The fraction of sp³-hybridized carbons (Fsp3) is 0.318. The summed E-state index contributed by atoms with van der Waals surface area (Å²) < 4.78 is 0. The summed E-state index contributed by atoms with van der Waals surface area (Å²) in [6, 6.07) is 16.3. The lowest BCUT2D eigenvalue weighted by atomic mass is 9.90. The lowest BCUT2D eigenvalue weighted by Gasteiger charge is -2.22. The highest BCUT2D eigenvalue weighted by atomic mass is 35.5. The zero-order valence-electron chi connectivity index (χ0n) is 15.3. The highest BCUT2D eigenvalue weighted by Crippen LogP contribution is 2.34. The number of fused-ring (bicyclic) bond motifs is 1. The number of amides is 1. The predicted octanol–water partition coefficient (Wildman–Crippen LogP) is 4.21. The van der Waals surface area contributed by atoms with E-state index in [1.165, 1.54) is 10.9 Å². The molecule has 0 saturated heterocycles. The zero-order chi connectivity index (χ0) is 18.8. The molecule has 2 atom stereocenters. The van der Waals surface area contributed by atoms with Gasteiger partial charge in [-0.1, -0.05) is 48.0 Å². The van der Waals surface area contributed by atoms with Crippen molar-refractivity contribution >= 4 is 28.4 Å². The molecule has 0 radical (unpaired) electrons. The summed E-state index contributed by atoms with van der Waals surface area (Å²) >= 11 is 6.52. The average Bonchev–Trinajstić information content (AvgIpc) is 3.39. The van der Waals surface area contributed by atoms with Gasteiger partial charge in [0.05, 0.1) is 6.04 Å². The van der Waals surface area contributed by atoms with E-state index in [9.17, 15) is 4.79 Å². The fourth-order valence-corrected chi connectivity index (χ4v) is 3.74. The van der Waals surface area contributed by atoms with Gasteiger partial charge in [-0.15, -0.1) is 0 Å². The highest BCUT2D eigenvalue weighted by molar-refractivity contribution is 6.31. The van der Waals surface area contributed by atoms with E-state index in [1.807, 2.05) is 37.3 Å². The molecule has 1 aromatic heterocycles. The van der Waals surface area contributed by atoms with E-state index in [1.54, 1.807) is 0 Å². The molecule has 3 N–H and O–H groups in total. The fourth-order valence-electron chi connectivity index (χ4n) is 3.47. The first-order chi connectivity index (χ1) is 13.1. The lowest BCUT2D eigenvalue weighted by molar-refractivity contribution is -0.122. The number of carbonyl (C=O) groups excluding carboxylic acids is 1. The molecule has 1 aliphatic carbocycles. The van der Waals surface area contributed by atoms with Crippen molar-refractivity contribution in [2.24, 2.45) is 0 Å². The Morgan fingerprint density at radius 3 is 2.67 bits per heavy atom. The van der Waals surface area contributed by atoms with Crippen molar-refractivity contribution in [1.82, 2.24) is 15.6 Å². The van der Waals surface area contributed by atoms with E-state index in [-0.39, 0.29) is 17.9 Å². The maximum atomic E-state index is 12.3. The third-order valence-electron chi connectivity index (χ3n) is 5.22. The van der Waals surface area contributed by atoms with Crippen LogP contribution >= 0.6 is 11.6 Å². The number of hydrogen-bond donors (Lipinski definition) is 3. The molecule has 0 bridgehead atoms. The normalized spacial score (nSPS) is 16.2. The molecule has 140 valence electrons. The van der Waals surface area contributed by atoms with Gasteiger partial charge in [0.25, 0.3) is 0 Å². The van der Waals surface area contributed by atoms with Crippen LogP contribution in [0, 0.1) is 0 Å². The Morgan fingerprint density at radius 1 is 1.15 bits per heavy atom. The third kappa shape index (κ3) is 4.02. The number of halogens is 1. The molecule has 1 amide bonds. The van der Waals surface area contributed by atoms with Gasteiger partial charge in [-0.3, -0.25) is 4.79 Å². The van der Waals surface area contributed by atoms with Crippen LogP contribution in [-0.2, 0) is 4.79 Å². The number of carbonyl (C=O) groups is 1. The molecule has 27 heavy (non-hydrogen) atoms. The summed E-state index contributed by atoms with van der Waals surface area (Å²) in [6.07, 6.45) is 4.24. The number of hydrogen-bond acceptors (Lipinski definition) is 2. The average molecular weight is 382 g/mol. The number of nitrogens with one attached hydrogen (secondary N) is 3. The smallest absolute Gasteiger partial charge is 0.237 e. The van der Waals surface area contributed by atoms with E-state index in [2.05, 4.69) is 40.0 Å². The number of benzene rings is 2. The molecule has 1 saturated carbocycles. The van der Waals surface area contributed by atoms with Crippen molar-refractivity contribution in [3.63, 3.8) is 0 Å². The number of aromatic nitrogens is 1. The Labute approximate surface area is 164 Å². The summed E-state index contributed by atoms with van der Waals surface area (Å²) in [5.41, 5.74) is 3.34. The number of rotatable bonds is 7. The van der Waals surface area contributed by atoms with Crippen LogP contribution in [0.2, 0.25) is 5.02 Å². The largest absolute Gasteiger partial charge is 0.361 e. The van der Waals surface area contributed by atoms with Crippen LogP contribution in [0.1, 0.15) is 36.8 Å². The van der Waals surface area contributed by atoms with Crippen molar-refractivity contribution in [2.75, 3.05) is 6.54 Å². The van der Waals surface area contributed by atoms with E-state index in [0.29, 0.717) is 12.6 Å². The van der Waals surface area contributed by atoms with Crippen LogP contribution in [0.5, 0.6) is 0 Å². The van der Waals surface area contributed by atoms with Crippen LogP contribution in [0.25, 0.3) is 10.9 Å². The molecule has 1 fully saturated rings. The topological polar surface area (TPSA) is 56.9 Å². The molecule has 1 aliphatic rings. The van der Waals surface area contributed by atoms with Gasteiger partial charge >= 0.3 is 0 Å². The van der Waals surface area contributed by atoms with Gasteiger partial charge in [0.2, 0.25) is 5.91 Å². The summed E-state index contributed by atoms with van der Waals surface area (Å²) in [4.78, 5) is 15.7. The lowest BCUT2D eigenvalue weighted by Crippen LogP contribution is -2.44. The van der Waals surface area contributed by atoms with Crippen LogP contribution < -0.4 is 10.6 Å². The summed E-state index contributed by atoms with van der Waals surface area (Å²) in [6.45, 7) is 2.54. The van der Waals surface area contributed by atoms with E-state index in [4.69, 9.17) is 11.6 Å². The van der Waals surface area contributed by atoms with Crippen molar-refractivity contribution < 1.29 is 4.79 Å². The van der Waals surface area contributed by atoms with Crippen molar-refractivity contribution in [1.29, 1.82) is 0 Å². The minimum Gasteiger partial charge on any atom is -0.361 e. The summed E-state index contributed by atoms with van der Waals surface area (Å²) in [7, 11) is 0. The predicted molar refractivity (Wildman–Crippen MR) is 110 cm³/mol. The van der Waals surface area contributed by atoms with Crippen molar-refractivity contribution in [3.05, 3.63) is 70.9 Å². The number of H-pyrrole nitrogens is 1. The molecule has 0 spiro atoms. The molecule has 2 aromatic carbocycles. The van der Waals surface area contributed by atoms with Gasteiger partial charge in [0.1, 0.15) is 0 Å². The maximum absolute atomic E-state index is 12.3. The van der Waals surface area contributed by atoms with Crippen LogP contribution in [-0.4, -0.2) is 29.5 Å². The first kappa shape index (κ1) is 18.1. The monoisotopic (exact) mass is 381 g/mol. The SMILES string of the molecule is C[C@@H](NC[C@@H](c1ccccc1Cl)c1c[nH]c2ccccc12)C(=O)NC1CC1. The Morgan fingerprint density at radius 2 is 1.89 bits per heavy atom. The molecule has 1 heterocycles. The minimum absolute atomic E-state index is 0.0472. The molecule has 3 aromatic rings. The highest BCUT2D eigenvalue weighted by Gasteiger charge is 2.27. The molecule has 0 unspecified atom stereocenters. The Bertz CT molecular complexity index is 947. The van der Waals surface area contributed by atoms with E-state index in [0.717, 1.165) is 28.9 Å². The van der Waals surface area contributed by atoms with Crippen molar-refractivity contribution in [3.8, 4) is 0 Å². The van der Waals surface area contributed by atoms with Crippen molar-refractivity contribution in [2.45, 2.75) is 37.8 Å². The van der Waals surface area contributed by atoms with Crippen LogP contribution in [0.15, 0.2) is 54.7 Å². The van der Waals surface area contributed by atoms with Gasteiger partial charge in [-0.05, 0) is 43.0 Å². The molecule has 0 aliphatic heterocycles. The van der Waals surface area contributed by atoms with E-state index >= 15 is 0 Å². The minimum atomic E-state index is -0.249. The standard InChI is InChI=1S/C22H24ClN3O/c1-14(22(27)26-15-10-11-15)24-12-18(16-6-2-4-8-20(16)23)19-13-25-21-9-5-3-7-17(19)21/h2-9,13-15,18,24-25H,10-12H2,1H3,(H,26,27)/t14-,18+/m1/s1. The first-order valence-electron chi connectivity index (χ1n) is 9.47. The Hall–Kier alpha value is -2.30. The number of para-hydroxylation sites is 1. The van der Waals surface area contributed by atoms with Gasteiger partial charge < -0.3 is 15.6 Å².